The molecule has 3 aromatic rings. The molecule has 5 rings (SSSR count). The number of anilines is 1. The summed E-state index contributed by atoms with van der Waals surface area (Å²) >= 11 is 6.33. The summed E-state index contributed by atoms with van der Waals surface area (Å²) in [5.74, 6) is -0.261. The van der Waals surface area contributed by atoms with Gasteiger partial charge in [-0.1, -0.05) is 38.4 Å². The van der Waals surface area contributed by atoms with Gasteiger partial charge in [-0.2, -0.15) is 21.6 Å². The number of halogens is 4. The lowest BCUT2D eigenvalue weighted by molar-refractivity contribution is -0.213. The zero-order valence-corrected chi connectivity index (χ0v) is 35.7. The topological polar surface area (TPSA) is 178 Å². The summed E-state index contributed by atoms with van der Waals surface area (Å²) in [4.78, 5) is 34.4. The van der Waals surface area contributed by atoms with E-state index in [-0.39, 0.29) is 65.1 Å². The standard InChI is InChI=1S/C37H51ClF3N7O7SSi/c1-34(2,3)57(6,7)55-26(36(17-18-36)37(39,40)41)16-21-54-29-15-20-48(45-29)28-14-13-25(31(38)44-28)32(49)46-56(52,53)30-12-8-11-27(43-30)42-19-9-10-24-22-35(4,5)47(23-24)33(50)51/h8,11-15,20,24,26H,9-10,16-19,21-23H2,1-7H3,(H,42,43)(H,46,49)(H,50,51)/t24-,26?/m0/s1. The second kappa shape index (κ2) is 16.4. The molecule has 3 N–H and O–H groups in total. The molecule has 0 radical (unpaired) electrons. The van der Waals surface area contributed by atoms with Crippen molar-refractivity contribution in [3.8, 4) is 11.7 Å². The molecule has 0 bridgehead atoms. The van der Waals surface area contributed by atoms with E-state index in [0.29, 0.717) is 19.5 Å². The number of sulfonamides is 1. The first-order valence-corrected chi connectivity index (χ1v) is 23.5. The third-order valence-corrected chi connectivity index (χ3v) is 17.2. The van der Waals surface area contributed by atoms with E-state index < -0.39 is 58.6 Å². The Hall–Kier alpha value is -3.94. The summed E-state index contributed by atoms with van der Waals surface area (Å²) in [6.45, 7) is 14.5. The molecule has 2 amide bonds. The molecule has 20 heteroatoms. The van der Waals surface area contributed by atoms with Gasteiger partial charge in [-0.05, 0) is 94.3 Å². The van der Waals surface area contributed by atoms with Crippen LogP contribution in [0.3, 0.4) is 0 Å². The highest BCUT2D eigenvalue weighted by Crippen LogP contribution is 2.62. The van der Waals surface area contributed by atoms with Crippen LogP contribution in [0.15, 0.2) is 47.6 Å². The van der Waals surface area contributed by atoms with Gasteiger partial charge < -0.3 is 24.5 Å². The van der Waals surface area contributed by atoms with Crippen molar-refractivity contribution in [1.82, 2.24) is 29.4 Å². The molecule has 4 heterocycles. The predicted octanol–water partition coefficient (Wildman–Crippen LogP) is 7.91. The van der Waals surface area contributed by atoms with Crippen LogP contribution in [0.25, 0.3) is 5.82 Å². The summed E-state index contributed by atoms with van der Waals surface area (Å²) in [5, 5.41) is 15.8. The Morgan fingerprint density at radius 3 is 2.40 bits per heavy atom. The van der Waals surface area contributed by atoms with Crippen LogP contribution in [-0.2, 0) is 14.4 Å². The maximum absolute atomic E-state index is 14.2. The summed E-state index contributed by atoms with van der Waals surface area (Å²) in [5.41, 5.74) is -2.55. The molecule has 314 valence electrons. The molecule has 1 saturated carbocycles. The highest BCUT2D eigenvalue weighted by Gasteiger charge is 2.68. The van der Waals surface area contributed by atoms with Crippen molar-refractivity contribution in [3.63, 3.8) is 0 Å². The van der Waals surface area contributed by atoms with Crippen molar-refractivity contribution >= 4 is 47.8 Å². The molecule has 1 saturated heterocycles. The molecular weight excluding hydrogens is 807 g/mol. The van der Waals surface area contributed by atoms with E-state index >= 15 is 0 Å². The van der Waals surface area contributed by atoms with Crippen molar-refractivity contribution in [2.45, 2.75) is 114 Å². The van der Waals surface area contributed by atoms with Crippen LogP contribution in [0.5, 0.6) is 5.88 Å². The predicted molar refractivity (Wildman–Crippen MR) is 210 cm³/mol. The first kappa shape index (κ1) is 44.2. The van der Waals surface area contributed by atoms with Gasteiger partial charge in [-0.25, -0.2) is 24.2 Å². The number of likely N-dealkylation sites (tertiary alicyclic amines) is 1. The number of ether oxygens (including phenoxy) is 1. The summed E-state index contributed by atoms with van der Waals surface area (Å²) in [6, 6.07) is 8.49. The van der Waals surface area contributed by atoms with E-state index in [2.05, 4.69) is 20.4 Å². The van der Waals surface area contributed by atoms with Crippen molar-refractivity contribution in [1.29, 1.82) is 0 Å². The summed E-state index contributed by atoms with van der Waals surface area (Å²) < 4.78 is 84.1. The second-order valence-electron chi connectivity index (χ2n) is 16.9. The molecule has 14 nitrogen and oxygen atoms in total. The summed E-state index contributed by atoms with van der Waals surface area (Å²) in [7, 11) is -6.96. The van der Waals surface area contributed by atoms with Gasteiger partial charge in [0.25, 0.3) is 15.9 Å². The van der Waals surface area contributed by atoms with Crippen molar-refractivity contribution in [3.05, 3.63) is 53.3 Å². The number of nitrogens with one attached hydrogen (secondary N) is 2. The Morgan fingerprint density at radius 1 is 1.11 bits per heavy atom. The number of amides is 2. The lowest BCUT2D eigenvalue weighted by Gasteiger charge is -2.42. The van der Waals surface area contributed by atoms with E-state index in [1.807, 2.05) is 52.4 Å². The van der Waals surface area contributed by atoms with Crippen molar-refractivity contribution in [2.75, 3.05) is 25.0 Å². The number of hydrogen-bond acceptors (Lipinski definition) is 10. The van der Waals surface area contributed by atoms with E-state index in [1.54, 1.807) is 6.07 Å². The highest BCUT2D eigenvalue weighted by atomic mass is 35.5. The van der Waals surface area contributed by atoms with Crippen molar-refractivity contribution < 1.29 is 45.4 Å². The molecule has 0 aromatic carbocycles. The molecule has 1 unspecified atom stereocenters. The summed E-state index contributed by atoms with van der Waals surface area (Å²) in [6.07, 6.45) is -2.62. The monoisotopic (exact) mass is 857 g/mol. The Labute approximate surface area is 337 Å². The molecule has 2 atom stereocenters. The number of nitrogens with zero attached hydrogens (tertiary/aromatic N) is 5. The minimum Gasteiger partial charge on any atom is -0.476 e. The number of carbonyl (C=O) groups is 2. The quantitative estimate of drug-likeness (QED) is 0.0725. The average molecular weight is 858 g/mol. The molecule has 57 heavy (non-hydrogen) atoms. The fraction of sp³-hybridized carbons (Fsp3) is 0.595. The van der Waals surface area contributed by atoms with Crippen LogP contribution in [0.1, 0.15) is 83.5 Å². The van der Waals surface area contributed by atoms with Gasteiger partial charge in [0, 0.05) is 37.3 Å². The van der Waals surface area contributed by atoms with Crippen LogP contribution < -0.4 is 14.8 Å². The Kier molecular flexibility index (Phi) is 12.7. The molecule has 2 aliphatic rings. The third kappa shape index (κ3) is 10.2. The number of pyridine rings is 2. The average Bonchev–Trinajstić information content (AvgIpc) is 3.69. The van der Waals surface area contributed by atoms with Gasteiger partial charge in [0.05, 0.1) is 23.7 Å². The lowest BCUT2D eigenvalue weighted by Crippen LogP contribution is -2.49. The van der Waals surface area contributed by atoms with Gasteiger partial charge in [0.15, 0.2) is 19.2 Å². The zero-order chi connectivity index (χ0) is 42.2. The van der Waals surface area contributed by atoms with E-state index in [0.717, 1.165) is 12.8 Å². The third-order valence-electron chi connectivity index (χ3n) is 11.2. The SMILES string of the molecule is CC1(C)C[C@H](CCCNc2cccc(S(=O)(=O)NC(=O)c3ccc(-n4ccc(OCCC(O[Si](C)(C)C(C)(C)C)C5(C(F)(F)F)CC5)n4)nc3Cl)n2)CN1C(=O)O. The first-order valence-electron chi connectivity index (χ1n) is 18.7. The second-order valence-corrected chi connectivity index (χ2v) is 23.6. The van der Waals surface area contributed by atoms with Crippen molar-refractivity contribution in [2.24, 2.45) is 11.3 Å². The van der Waals surface area contributed by atoms with Crippen LogP contribution in [0.4, 0.5) is 23.8 Å². The number of carbonyl (C=O) groups excluding carboxylic acids is 1. The number of hydrogen-bond donors (Lipinski definition) is 3. The van der Waals surface area contributed by atoms with Gasteiger partial charge in [-0.3, -0.25) is 4.79 Å². The van der Waals surface area contributed by atoms with E-state index in [9.17, 15) is 36.3 Å². The molecule has 1 aliphatic heterocycles. The minimum atomic E-state index is -4.42. The van der Waals surface area contributed by atoms with E-state index in [4.69, 9.17) is 20.8 Å². The molecular formula is C37H51ClF3N7O7SSi. The van der Waals surface area contributed by atoms with E-state index in [1.165, 1.54) is 46.1 Å². The Bertz CT molecular complexity index is 2060. The fourth-order valence-corrected chi connectivity index (χ4v) is 9.40. The molecule has 2 fully saturated rings. The Balaban J connectivity index is 1.15. The van der Waals surface area contributed by atoms with Crippen LogP contribution >= 0.6 is 11.6 Å². The van der Waals surface area contributed by atoms with Crippen LogP contribution in [-0.4, -0.2) is 96.0 Å². The molecule has 0 spiro atoms. The first-order chi connectivity index (χ1) is 26.3. The zero-order valence-electron chi connectivity index (χ0n) is 33.1. The van der Waals surface area contributed by atoms with Crippen LogP contribution in [0.2, 0.25) is 23.3 Å². The number of carboxylic acid groups (broad SMARTS) is 1. The molecule has 3 aromatic heterocycles. The Morgan fingerprint density at radius 2 is 1.81 bits per heavy atom. The lowest BCUT2D eigenvalue weighted by atomic mass is 9.93. The van der Waals surface area contributed by atoms with Gasteiger partial charge in [-0.15, -0.1) is 5.10 Å². The maximum Gasteiger partial charge on any atom is 0.407 e. The van der Waals surface area contributed by atoms with Gasteiger partial charge in [0.2, 0.25) is 5.88 Å². The number of alkyl halides is 3. The normalized spacial score (nSPS) is 18.6. The van der Waals surface area contributed by atoms with Gasteiger partial charge >= 0.3 is 12.3 Å². The maximum atomic E-state index is 14.2. The number of rotatable bonds is 16. The smallest absolute Gasteiger partial charge is 0.407 e. The highest BCUT2D eigenvalue weighted by molar-refractivity contribution is 7.90. The molecule has 1 aliphatic carbocycles. The van der Waals surface area contributed by atoms with Crippen LogP contribution in [0, 0.1) is 11.3 Å². The fourth-order valence-electron chi connectivity index (χ4n) is 6.82. The number of aromatic nitrogens is 4. The largest absolute Gasteiger partial charge is 0.476 e. The minimum absolute atomic E-state index is 0.0117. The van der Waals surface area contributed by atoms with Gasteiger partial charge in [0.1, 0.15) is 11.0 Å².